The van der Waals surface area contributed by atoms with Crippen LogP contribution in [-0.4, -0.2) is 23.9 Å². The minimum atomic E-state index is -0.856. The summed E-state index contributed by atoms with van der Waals surface area (Å²) in [5.74, 6) is -0.856. The maximum Gasteiger partial charge on any atom is 0.293 e. The van der Waals surface area contributed by atoms with Gasteiger partial charge in [0.1, 0.15) is 17.3 Å². The number of primary amides is 1. The number of nitro benzene ring substituents is 1. The number of piperidine rings is 1. The first kappa shape index (κ1) is 15.5. The minimum Gasteiger partial charge on any atom is -0.366 e. The zero-order chi connectivity index (χ0) is 16.1. The number of nitro groups is 1. The molecule has 0 unspecified atom stereocenters. The van der Waals surface area contributed by atoms with Gasteiger partial charge in [-0.15, -0.1) is 0 Å². The molecule has 1 aromatic carbocycles. The first-order chi connectivity index (χ1) is 10.5. The molecular weight excluding hydrogens is 284 g/mol. The van der Waals surface area contributed by atoms with E-state index in [9.17, 15) is 14.9 Å². The molecule has 0 saturated carbocycles. The average Bonchev–Trinajstić information content (AvgIpc) is 2.52. The molecule has 1 aromatic rings. The molecule has 7 heteroatoms. The molecular formula is C15H16N4O3. The molecule has 0 spiro atoms. The average molecular weight is 300 g/mol. The van der Waals surface area contributed by atoms with E-state index >= 15 is 0 Å². The Morgan fingerprint density at radius 2 is 2.05 bits per heavy atom. The fourth-order valence-electron chi connectivity index (χ4n) is 2.50. The topological polar surface area (TPSA) is 113 Å². The molecule has 1 fully saturated rings. The molecule has 1 amide bonds. The predicted octanol–water partition coefficient (Wildman–Crippen LogP) is 1.98. The number of nitrogens with zero attached hydrogens (tertiary/aromatic N) is 3. The summed E-state index contributed by atoms with van der Waals surface area (Å²) in [6.45, 7) is 1.58. The maximum absolute atomic E-state index is 11.3. The van der Waals surface area contributed by atoms with Crippen LogP contribution < -0.4 is 10.6 Å². The Morgan fingerprint density at radius 3 is 2.59 bits per heavy atom. The highest BCUT2D eigenvalue weighted by Gasteiger charge is 2.21. The van der Waals surface area contributed by atoms with E-state index in [1.54, 1.807) is 18.2 Å². The summed E-state index contributed by atoms with van der Waals surface area (Å²) in [4.78, 5) is 23.9. The Balaban J connectivity index is 2.41. The van der Waals surface area contributed by atoms with E-state index in [1.807, 2.05) is 4.90 Å². The smallest absolute Gasteiger partial charge is 0.293 e. The van der Waals surface area contributed by atoms with E-state index < -0.39 is 10.8 Å². The summed E-state index contributed by atoms with van der Waals surface area (Å²) in [5.41, 5.74) is 5.78. The summed E-state index contributed by atoms with van der Waals surface area (Å²) in [5, 5.41) is 20.1. The van der Waals surface area contributed by atoms with Gasteiger partial charge >= 0.3 is 0 Å². The summed E-state index contributed by atoms with van der Waals surface area (Å²) in [6, 6.07) is 6.36. The van der Waals surface area contributed by atoms with Crippen LogP contribution in [-0.2, 0) is 4.79 Å². The molecule has 22 heavy (non-hydrogen) atoms. The lowest BCUT2D eigenvalue weighted by atomic mass is 10.1. The molecule has 1 aliphatic heterocycles. The van der Waals surface area contributed by atoms with Crippen molar-refractivity contribution in [3.8, 4) is 6.07 Å². The van der Waals surface area contributed by atoms with E-state index in [0.717, 1.165) is 32.4 Å². The zero-order valence-electron chi connectivity index (χ0n) is 12.0. The fourth-order valence-corrected chi connectivity index (χ4v) is 2.50. The summed E-state index contributed by atoms with van der Waals surface area (Å²) < 4.78 is 0. The number of hydrogen-bond acceptors (Lipinski definition) is 5. The minimum absolute atomic E-state index is 0.0302. The van der Waals surface area contributed by atoms with Crippen LogP contribution in [0.25, 0.3) is 6.08 Å². The van der Waals surface area contributed by atoms with Crippen LogP contribution in [0.3, 0.4) is 0 Å². The van der Waals surface area contributed by atoms with Gasteiger partial charge in [-0.3, -0.25) is 14.9 Å². The second-order valence-corrected chi connectivity index (χ2v) is 5.09. The highest BCUT2D eigenvalue weighted by atomic mass is 16.6. The van der Waals surface area contributed by atoms with Gasteiger partial charge in [-0.25, -0.2) is 0 Å². The van der Waals surface area contributed by atoms with Crippen LogP contribution >= 0.6 is 0 Å². The van der Waals surface area contributed by atoms with Crippen molar-refractivity contribution in [2.24, 2.45) is 5.73 Å². The number of nitriles is 1. The Kier molecular flexibility index (Phi) is 4.73. The largest absolute Gasteiger partial charge is 0.366 e. The van der Waals surface area contributed by atoms with Crippen molar-refractivity contribution >= 4 is 23.4 Å². The molecule has 1 aliphatic rings. The number of amides is 1. The number of nitrogens with two attached hydrogens (primary N) is 1. The molecule has 7 nitrogen and oxygen atoms in total. The number of anilines is 1. The Bertz CT molecular complexity index is 670. The molecule has 0 aromatic heterocycles. The third-order valence-electron chi connectivity index (χ3n) is 3.59. The van der Waals surface area contributed by atoms with Gasteiger partial charge in [-0.2, -0.15) is 5.26 Å². The van der Waals surface area contributed by atoms with E-state index in [4.69, 9.17) is 11.0 Å². The third kappa shape index (κ3) is 3.41. The second kappa shape index (κ2) is 6.72. The molecule has 1 saturated heterocycles. The lowest BCUT2D eigenvalue weighted by Crippen LogP contribution is -2.29. The first-order valence-electron chi connectivity index (χ1n) is 6.98. The quantitative estimate of drug-likeness (QED) is 0.395. The van der Waals surface area contributed by atoms with Gasteiger partial charge in [0.25, 0.3) is 11.6 Å². The highest BCUT2D eigenvalue weighted by molar-refractivity contribution is 6.00. The molecule has 1 heterocycles. The number of carbonyl (C=O) groups excluding carboxylic acids is 1. The number of rotatable bonds is 4. The van der Waals surface area contributed by atoms with E-state index in [1.165, 1.54) is 12.1 Å². The first-order valence-corrected chi connectivity index (χ1v) is 6.98. The summed E-state index contributed by atoms with van der Waals surface area (Å²) >= 11 is 0. The van der Waals surface area contributed by atoms with Crippen molar-refractivity contribution in [1.29, 1.82) is 5.26 Å². The van der Waals surface area contributed by atoms with Gasteiger partial charge in [0.05, 0.1) is 4.92 Å². The molecule has 0 atom stereocenters. The van der Waals surface area contributed by atoms with Crippen LogP contribution in [0.5, 0.6) is 0 Å². The van der Waals surface area contributed by atoms with E-state index in [-0.39, 0.29) is 11.3 Å². The van der Waals surface area contributed by atoms with E-state index in [2.05, 4.69) is 0 Å². The molecule has 0 aliphatic carbocycles. The van der Waals surface area contributed by atoms with Crippen molar-refractivity contribution < 1.29 is 9.72 Å². The van der Waals surface area contributed by atoms with Crippen molar-refractivity contribution in [2.75, 3.05) is 18.0 Å². The molecule has 2 rings (SSSR count). The van der Waals surface area contributed by atoms with Gasteiger partial charge in [0.15, 0.2) is 0 Å². The standard InChI is InChI=1S/C15H16N4O3/c16-10-12(15(17)20)8-11-4-5-13(14(9-11)19(21)22)18-6-2-1-3-7-18/h4-5,8-9H,1-3,6-7H2,(H2,17,20)/b12-8-. The Labute approximate surface area is 127 Å². The van der Waals surface area contributed by atoms with Crippen LogP contribution in [0, 0.1) is 21.4 Å². The van der Waals surface area contributed by atoms with Gasteiger partial charge in [-0.1, -0.05) is 6.07 Å². The number of hydrogen-bond donors (Lipinski definition) is 1. The van der Waals surface area contributed by atoms with Gasteiger partial charge in [-0.05, 0) is 37.0 Å². The molecule has 2 N–H and O–H groups in total. The van der Waals surface area contributed by atoms with Gasteiger partial charge < -0.3 is 10.6 Å². The number of carbonyl (C=O) groups is 1. The van der Waals surface area contributed by atoms with Crippen LogP contribution in [0.1, 0.15) is 24.8 Å². The molecule has 114 valence electrons. The third-order valence-corrected chi connectivity index (χ3v) is 3.59. The Hall–Kier alpha value is -2.88. The van der Waals surface area contributed by atoms with Crippen LogP contribution in [0.4, 0.5) is 11.4 Å². The van der Waals surface area contributed by atoms with Gasteiger partial charge in [0, 0.05) is 19.2 Å². The normalized spacial score (nSPS) is 15.2. The predicted molar refractivity (Wildman–Crippen MR) is 81.9 cm³/mol. The summed E-state index contributed by atoms with van der Waals surface area (Å²) in [6.07, 6.45) is 4.42. The van der Waals surface area contributed by atoms with Crippen LogP contribution in [0.15, 0.2) is 23.8 Å². The molecule has 0 radical (unpaired) electrons. The zero-order valence-corrected chi connectivity index (χ0v) is 12.0. The summed E-state index contributed by atoms with van der Waals surface area (Å²) in [7, 11) is 0. The second-order valence-electron chi connectivity index (χ2n) is 5.09. The van der Waals surface area contributed by atoms with Gasteiger partial charge in [0.2, 0.25) is 0 Å². The van der Waals surface area contributed by atoms with Crippen molar-refractivity contribution in [1.82, 2.24) is 0 Å². The number of benzene rings is 1. The maximum atomic E-state index is 11.3. The Morgan fingerprint density at radius 1 is 1.36 bits per heavy atom. The van der Waals surface area contributed by atoms with Crippen molar-refractivity contribution in [2.45, 2.75) is 19.3 Å². The van der Waals surface area contributed by atoms with Crippen molar-refractivity contribution in [3.05, 3.63) is 39.4 Å². The molecule has 0 bridgehead atoms. The monoisotopic (exact) mass is 300 g/mol. The highest BCUT2D eigenvalue weighted by Crippen LogP contribution is 2.31. The lowest BCUT2D eigenvalue weighted by Gasteiger charge is -2.28. The van der Waals surface area contributed by atoms with Crippen molar-refractivity contribution in [3.63, 3.8) is 0 Å². The lowest BCUT2D eigenvalue weighted by molar-refractivity contribution is -0.384. The van der Waals surface area contributed by atoms with E-state index in [0.29, 0.717) is 11.3 Å². The van der Waals surface area contributed by atoms with Crippen LogP contribution in [0.2, 0.25) is 0 Å². The fraction of sp³-hybridized carbons (Fsp3) is 0.333. The SMILES string of the molecule is N#C/C(=C/c1ccc(N2CCCCC2)c([N+](=O)[O-])c1)C(N)=O.